The van der Waals surface area contributed by atoms with Gasteiger partial charge in [-0.05, 0) is 43.4 Å². The third-order valence-corrected chi connectivity index (χ3v) is 5.17. The van der Waals surface area contributed by atoms with Gasteiger partial charge in [-0.2, -0.15) is 0 Å². The topological polar surface area (TPSA) is 76.7 Å². The number of rotatable bonds is 5. The molecule has 1 aliphatic carbocycles. The fraction of sp³-hybridized carbons (Fsp3) is 0.500. The van der Waals surface area contributed by atoms with Crippen LogP contribution in [0.15, 0.2) is 35.5 Å². The van der Waals surface area contributed by atoms with Gasteiger partial charge in [0.1, 0.15) is 12.4 Å². The van der Waals surface area contributed by atoms with Crippen molar-refractivity contribution in [2.24, 2.45) is 5.92 Å². The summed E-state index contributed by atoms with van der Waals surface area (Å²) >= 11 is 0. The lowest BCUT2D eigenvalue weighted by molar-refractivity contribution is -0.141. The van der Waals surface area contributed by atoms with Crippen molar-refractivity contribution >= 4 is 12.0 Å². The van der Waals surface area contributed by atoms with E-state index in [0.29, 0.717) is 11.3 Å². The molecule has 1 atom stereocenters. The zero-order chi connectivity index (χ0) is 18.5. The number of amides is 2. The molecule has 3 rings (SSSR count). The summed E-state index contributed by atoms with van der Waals surface area (Å²) < 4.78 is 10.7. The molecular formula is C20H26N2O4. The largest absolute Gasteiger partial charge is 0.497 e. The van der Waals surface area contributed by atoms with Gasteiger partial charge in [-0.15, -0.1) is 0 Å². The van der Waals surface area contributed by atoms with Gasteiger partial charge < -0.3 is 20.1 Å². The number of esters is 1. The summed E-state index contributed by atoms with van der Waals surface area (Å²) in [5.74, 6) is 0.671. The van der Waals surface area contributed by atoms with E-state index in [1.165, 1.54) is 6.42 Å². The third-order valence-electron chi connectivity index (χ3n) is 5.17. The van der Waals surface area contributed by atoms with Gasteiger partial charge >= 0.3 is 12.0 Å². The van der Waals surface area contributed by atoms with Crippen LogP contribution in [-0.4, -0.2) is 25.2 Å². The molecule has 2 aliphatic rings. The summed E-state index contributed by atoms with van der Waals surface area (Å²) in [5, 5.41) is 5.64. The molecule has 2 amide bonds. The Hall–Kier alpha value is -2.50. The molecule has 2 N–H and O–H groups in total. The first-order valence-electron chi connectivity index (χ1n) is 9.17. The first-order valence-corrected chi connectivity index (χ1v) is 9.17. The Labute approximate surface area is 153 Å². The third kappa shape index (κ3) is 4.18. The van der Waals surface area contributed by atoms with Gasteiger partial charge in [0.05, 0.1) is 18.7 Å². The van der Waals surface area contributed by atoms with E-state index in [1.54, 1.807) is 14.0 Å². The van der Waals surface area contributed by atoms with E-state index in [1.807, 2.05) is 24.3 Å². The molecule has 0 bridgehead atoms. The highest BCUT2D eigenvalue weighted by molar-refractivity contribution is 5.94. The Morgan fingerprint density at radius 3 is 2.50 bits per heavy atom. The van der Waals surface area contributed by atoms with Crippen LogP contribution in [0.3, 0.4) is 0 Å². The van der Waals surface area contributed by atoms with Crippen LogP contribution in [0.2, 0.25) is 0 Å². The van der Waals surface area contributed by atoms with Gasteiger partial charge in [0.15, 0.2) is 0 Å². The SMILES string of the molecule is COc1ccc(COC(=O)C2=C(C)NC(=O)NC2C2CCCCC2)cc1. The van der Waals surface area contributed by atoms with Crippen molar-refractivity contribution in [1.29, 1.82) is 0 Å². The number of methoxy groups -OCH3 is 1. The summed E-state index contributed by atoms with van der Waals surface area (Å²) in [6.45, 7) is 1.95. The number of carbonyl (C=O) groups is 2. The highest BCUT2D eigenvalue weighted by Crippen LogP contribution is 2.32. The number of nitrogens with one attached hydrogen (secondary N) is 2. The minimum atomic E-state index is -0.374. The maximum atomic E-state index is 12.8. The lowest BCUT2D eigenvalue weighted by Crippen LogP contribution is -2.53. The Morgan fingerprint density at radius 2 is 1.85 bits per heavy atom. The fourth-order valence-corrected chi connectivity index (χ4v) is 3.77. The normalized spacial score (nSPS) is 21.0. The molecular weight excluding hydrogens is 332 g/mol. The van der Waals surface area contributed by atoms with Crippen molar-refractivity contribution < 1.29 is 19.1 Å². The Balaban J connectivity index is 1.71. The highest BCUT2D eigenvalue weighted by Gasteiger charge is 2.36. The van der Waals surface area contributed by atoms with Gasteiger partial charge in [0, 0.05) is 5.70 Å². The molecule has 1 fully saturated rings. The molecule has 140 valence electrons. The van der Waals surface area contributed by atoms with Crippen LogP contribution in [0.5, 0.6) is 5.75 Å². The van der Waals surface area contributed by atoms with E-state index in [0.717, 1.165) is 37.0 Å². The molecule has 0 saturated heterocycles. The Kier molecular flexibility index (Phi) is 5.81. The van der Waals surface area contributed by atoms with E-state index in [4.69, 9.17) is 9.47 Å². The van der Waals surface area contributed by atoms with Crippen molar-refractivity contribution in [3.8, 4) is 5.75 Å². The second-order valence-corrected chi connectivity index (χ2v) is 6.94. The first-order chi connectivity index (χ1) is 12.6. The molecule has 0 spiro atoms. The zero-order valence-electron chi connectivity index (χ0n) is 15.3. The Bertz CT molecular complexity index is 690. The monoisotopic (exact) mass is 358 g/mol. The number of benzene rings is 1. The average Bonchev–Trinajstić information content (AvgIpc) is 2.66. The highest BCUT2D eigenvalue weighted by atomic mass is 16.5. The molecule has 0 radical (unpaired) electrons. The quantitative estimate of drug-likeness (QED) is 0.792. The molecule has 0 aromatic heterocycles. The average molecular weight is 358 g/mol. The molecule has 1 aliphatic heterocycles. The maximum Gasteiger partial charge on any atom is 0.338 e. The molecule has 1 unspecified atom stereocenters. The van der Waals surface area contributed by atoms with Gasteiger partial charge in [-0.3, -0.25) is 0 Å². The van der Waals surface area contributed by atoms with Crippen molar-refractivity contribution in [3.05, 3.63) is 41.1 Å². The smallest absolute Gasteiger partial charge is 0.338 e. The van der Waals surface area contributed by atoms with Crippen LogP contribution < -0.4 is 15.4 Å². The maximum absolute atomic E-state index is 12.8. The number of allylic oxidation sites excluding steroid dienone is 1. The van der Waals surface area contributed by atoms with Gasteiger partial charge in [0.2, 0.25) is 0 Å². The van der Waals surface area contributed by atoms with Gasteiger partial charge in [-0.1, -0.05) is 31.4 Å². The second-order valence-electron chi connectivity index (χ2n) is 6.94. The number of hydrogen-bond donors (Lipinski definition) is 2. The molecule has 1 aromatic carbocycles. The minimum Gasteiger partial charge on any atom is -0.497 e. The predicted octanol–water partition coefficient (Wildman–Crippen LogP) is 3.27. The van der Waals surface area contributed by atoms with Crippen LogP contribution in [0.1, 0.15) is 44.6 Å². The molecule has 1 heterocycles. The number of hydrogen-bond acceptors (Lipinski definition) is 4. The molecule has 6 heteroatoms. The van der Waals surface area contributed by atoms with E-state index in [-0.39, 0.29) is 30.6 Å². The summed E-state index contributed by atoms with van der Waals surface area (Å²) in [7, 11) is 1.61. The second kappa shape index (κ2) is 8.25. The van der Waals surface area contributed by atoms with E-state index in [9.17, 15) is 9.59 Å². The summed E-state index contributed by atoms with van der Waals surface area (Å²) in [5.41, 5.74) is 2.02. The lowest BCUT2D eigenvalue weighted by atomic mass is 9.80. The standard InChI is InChI=1S/C20H26N2O4/c1-13-17(18(22-20(24)21-13)15-6-4-3-5-7-15)19(23)26-12-14-8-10-16(25-2)11-9-14/h8-11,15,18H,3-7,12H2,1-2H3,(H2,21,22,24). The lowest BCUT2D eigenvalue weighted by Gasteiger charge is -2.35. The molecule has 1 aromatic rings. The van der Waals surface area contributed by atoms with Gasteiger partial charge in [0.25, 0.3) is 0 Å². The first kappa shape index (κ1) is 18.3. The minimum absolute atomic E-state index is 0.185. The number of ether oxygens (including phenoxy) is 2. The van der Waals surface area contributed by atoms with Crippen molar-refractivity contribution in [2.45, 2.75) is 51.7 Å². The van der Waals surface area contributed by atoms with Crippen LogP contribution >= 0.6 is 0 Å². The summed E-state index contributed by atoms with van der Waals surface area (Å²) in [4.78, 5) is 24.7. The van der Waals surface area contributed by atoms with Gasteiger partial charge in [-0.25, -0.2) is 9.59 Å². The molecule has 26 heavy (non-hydrogen) atoms. The molecule has 1 saturated carbocycles. The fourth-order valence-electron chi connectivity index (χ4n) is 3.77. The summed E-state index contributed by atoms with van der Waals surface area (Å²) in [6.07, 6.45) is 5.53. The number of urea groups is 1. The van der Waals surface area contributed by atoms with Crippen LogP contribution in [0.4, 0.5) is 4.79 Å². The van der Waals surface area contributed by atoms with Crippen LogP contribution in [0.25, 0.3) is 0 Å². The van der Waals surface area contributed by atoms with Crippen molar-refractivity contribution in [1.82, 2.24) is 10.6 Å². The molecule has 6 nitrogen and oxygen atoms in total. The zero-order valence-corrected chi connectivity index (χ0v) is 15.3. The van der Waals surface area contributed by atoms with E-state index < -0.39 is 0 Å². The van der Waals surface area contributed by atoms with E-state index >= 15 is 0 Å². The van der Waals surface area contributed by atoms with Crippen molar-refractivity contribution in [2.75, 3.05) is 7.11 Å². The predicted molar refractivity (Wildman–Crippen MR) is 97.5 cm³/mol. The summed E-state index contributed by atoms with van der Waals surface area (Å²) in [6, 6.07) is 6.89. The Morgan fingerprint density at radius 1 is 1.15 bits per heavy atom. The van der Waals surface area contributed by atoms with E-state index in [2.05, 4.69) is 10.6 Å². The van der Waals surface area contributed by atoms with Crippen LogP contribution in [-0.2, 0) is 16.1 Å². The van der Waals surface area contributed by atoms with Crippen LogP contribution in [0, 0.1) is 5.92 Å². The number of carbonyl (C=O) groups excluding carboxylic acids is 2. The van der Waals surface area contributed by atoms with Crippen molar-refractivity contribution in [3.63, 3.8) is 0 Å².